The number of carbonyl (C=O) groups excluding carboxylic acids is 1. The van der Waals surface area contributed by atoms with Gasteiger partial charge in [0.2, 0.25) is 0 Å². The Hall–Kier alpha value is -0.750. The molecule has 0 heterocycles. The second kappa shape index (κ2) is 6.57. The minimum atomic E-state index is -4.19. The number of hydrogen-bond donors (Lipinski definition) is 1. The van der Waals surface area contributed by atoms with Gasteiger partial charge < -0.3 is 5.32 Å². The van der Waals surface area contributed by atoms with Crippen molar-refractivity contribution in [3.8, 4) is 0 Å². The van der Waals surface area contributed by atoms with Crippen LogP contribution in [0.4, 0.5) is 13.2 Å². The van der Waals surface area contributed by atoms with Crippen molar-refractivity contribution in [2.75, 3.05) is 0 Å². The Balaban J connectivity index is 2.00. The predicted octanol–water partition coefficient (Wildman–Crippen LogP) is 4.95. The minimum Gasteiger partial charge on any atom is -0.349 e. The molecule has 21 heavy (non-hydrogen) atoms. The molecule has 0 aliphatic heterocycles. The molecule has 2 unspecified atom stereocenters. The molecule has 1 saturated carbocycles. The predicted molar refractivity (Wildman–Crippen MR) is 78.4 cm³/mol. The van der Waals surface area contributed by atoms with Crippen LogP contribution in [0.15, 0.2) is 22.7 Å². The summed E-state index contributed by atoms with van der Waals surface area (Å²) in [4.78, 5) is 12.1. The summed E-state index contributed by atoms with van der Waals surface area (Å²) in [6, 6.07) is 4.24. The number of hydrogen-bond acceptors (Lipinski definition) is 1. The van der Waals surface area contributed by atoms with Gasteiger partial charge in [-0.25, -0.2) is 0 Å². The van der Waals surface area contributed by atoms with Crippen LogP contribution in [-0.2, 0) is 0 Å². The molecule has 2 nitrogen and oxygen atoms in total. The molecule has 1 aliphatic carbocycles. The van der Waals surface area contributed by atoms with Crippen molar-refractivity contribution in [2.24, 2.45) is 5.92 Å². The summed E-state index contributed by atoms with van der Waals surface area (Å²) < 4.78 is 38.8. The van der Waals surface area contributed by atoms with Crippen molar-refractivity contribution in [3.63, 3.8) is 0 Å². The first-order valence-corrected chi connectivity index (χ1v) is 7.77. The zero-order chi connectivity index (χ0) is 15.6. The lowest BCUT2D eigenvalue weighted by Gasteiger charge is -2.31. The molecule has 116 valence electrons. The lowest BCUT2D eigenvalue weighted by molar-refractivity contribution is -0.183. The van der Waals surface area contributed by atoms with E-state index in [0.717, 1.165) is 0 Å². The van der Waals surface area contributed by atoms with Crippen LogP contribution in [0.1, 0.15) is 36.0 Å². The molecule has 0 spiro atoms. The van der Waals surface area contributed by atoms with E-state index >= 15 is 0 Å². The van der Waals surface area contributed by atoms with E-state index in [1.807, 2.05) is 0 Å². The average molecular weight is 385 g/mol. The normalized spacial score (nSPS) is 22.9. The molecule has 0 radical (unpaired) electrons. The Morgan fingerprint density at radius 3 is 2.67 bits per heavy atom. The smallest absolute Gasteiger partial charge is 0.349 e. The van der Waals surface area contributed by atoms with Crippen LogP contribution < -0.4 is 5.32 Å². The van der Waals surface area contributed by atoms with Crippen LogP contribution in [-0.4, -0.2) is 18.1 Å². The molecule has 1 fully saturated rings. The van der Waals surface area contributed by atoms with Crippen LogP contribution in [0.2, 0.25) is 5.02 Å². The number of nitrogens with one attached hydrogen (secondary N) is 1. The van der Waals surface area contributed by atoms with Crippen LogP contribution in [0.25, 0.3) is 0 Å². The van der Waals surface area contributed by atoms with Crippen molar-refractivity contribution in [1.82, 2.24) is 5.32 Å². The topological polar surface area (TPSA) is 29.1 Å². The van der Waals surface area contributed by atoms with Crippen molar-refractivity contribution >= 4 is 33.4 Å². The molecular formula is C14H14BrClF3NO. The highest BCUT2D eigenvalue weighted by molar-refractivity contribution is 9.10. The van der Waals surface area contributed by atoms with E-state index in [1.165, 1.54) is 0 Å². The fourth-order valence-electron chi connectivity index (χ4n) is 2.52. The van der Waals surface area contributed by atoms with E-state index in [4.69, 9.17) is 11.6 Å². The fraction of sp³-hybridized carbons (Fsp3) is 0.500. The number of amides is 1. The van der Waals surface area contributed by atoms with Crippen LogP contribution >= 0.6 is 27.5 Å². The Labute approximate surface area is 134 Å². The molecule has 1 N–H and O–H groups in total. The molecule has 0 aromatic heterocycles. The van der Waals surface area contributed by atoms with Gasteiger partial charge in [0.05, 0.1) is 10.9 Å². The van der Waals surface area contributed by atoms with Gasteiger partial charge in [0, 0.05) is 16.1 Å². The minimum absolute atomic E-state index is 0.0516. The molecular weight excluding hydrogens is 371 g/mol. The number of benzene rings is 1. The summed E-state index contributed by atoms with van der Waals surface area (Å²) in [5.74, 6) is -1.70. The van der Waals surface area contributed by atoms with Gasteiger partial charge in [0.1, 0.15) is 0 Å². The summed E-state index contributed by atoms with van der Waals surface area (Å²) in [5.41, 5.74) is 0.375. The maximum atomic E-state index is 12.7. The fourth-order valence-corrected chi connectivity index (χ4v) is 3.02. The summed E-state index contributed by atoms with van der Waals surface area (Å²) in [7, 11) is 0. The number of rotatable bonds is 2. The third-order valence-electron chi connectivity index (χ3n) is 3.65. The quantitative estimate of drug-likeness (QED) is 0.768. The van der Waals surface area contributed by atoms with Gasteiger partial charge in [-0.3, -0.25) is 4.79 Å². The first kappa shape index (κ1) is 16.6. The van der Waals surface area contributed by atoms with Crippen LogP contribution in [0, 0.1) is 5.92 Å². The van der Waals surface area contributed by atoms with Gasteiger partial charge in [-0.15, -0.1) is 0 Å². The summed E-state index contributed by atoms with van der Waals surface area (Å²) in [5, 5.41) is 3.15. The van der Waals surface area contributed by atoms with Crippen LogP contribution in [0.5, 0.6) is 0 Å². The van der Waals surface area contributed by atoms with Gasteiger partial charge >= 0.3 is 6.18 Å². The standard InChI is InChI=1S/C14H14BrClF3NO/c15-11-6-8(4-5-12(11)16)13(21)20-10-3-1-2-9(7-10)14(17,18)19/h4-6,9-10H,1-3,7H2,(H,20,21). The maximum Gasteiger partial charge on any atom is 0.391 e. The molecule has 2 atom stereocenters. The monoisotopic (exact) mass is 383 g/mol. The summed E-state index contributed by atoms with van der Waals surface area (Å²) in [6.45, 7) is 0. The Morgan fingerprint density at radius 1 is 1.33 bits per heavy atom. The lowest BCUT2D eigenvalue weighted by atomic mass is 9.85. The number of alkyl halides is 3. The molecule has 1 aliphatic rings. The molecule has 7 heteroatoms. The van der Waals surface area contributed by atoms with Gasteiger partial charge in [-0.1, -0.05) is 18.0 Å². The first-order valence-electron chi connectivity index (χ1n) is 6.60. The van der Waals surface area contributed by atoms with Crippen LogP contribution in [0.3, 0.4) is 0 Å². The van der Waals surface area contributed by atoms with E-state index in [1.54, 1.807) is 18.2 Å². The third kappa shape index (κ3) is 4.36. The Bertz CT molecular complexity index is 535. The molecule has 0 saturated heterocycles. The highest BCUT2D eigenvalue weighted by Crippen LogP contribution is 2.37. The second-order valence-electron chi connectivity index (χ2n) is 5.20. The van der Waals surface area contributed by atoms with Gasteiger partial charge in [-0.05, 0) is 53.4 Å². The molecule has 1 aromatic rings. The van der Waals surface area contributed by atoms with Crippen molar-refractivity contribution < 1.29 is 18.0 Å². The van der Waals surface area contributed by atoms with Gasteiger partial charge in [0.25, 0.3) is 5.91 Å². The third-order valence-corrected chi connectivity index (χ3v) is 4.87. The maximum absolute atomic E-state index is 12.7. The Morgan fingerprint density at radius 2 is 2.05 bits per heavy atom. The summed E-state index contributed by atoms with van der Waals surface area (Å²) >= 11 is 9.06. The highest BCUT2D eigenvalue weighted by atomic mass is 79.9. The van der Waals surface area contributed by atoms with Crippen molar-refractivity contribution in [3.05, 3.63) is 33.3 Å². The van der Waals surface area contributed by atoms with E-state index in [9.17, 15) is 18.0 Å². The van der Waals surface area contributed by atoms with Crippen molar-refractivity contribution in [2.45, 2.75) is 37.9 Å². The highest BCUT2D eigenvalue weighted by Gasteiger charge is 2.42. The SMILES string of the molecule is O=C(NC1CCCC(C(F)(F)F)C1)c1ccc(Cl)c(Br)c1. The summed E-state index contributed by atoms with van der Waals surface area (Å²) in [6.07, 6.45) is -3.05. The lowest BCUT2D eigenvalue weighted by Crippen LogP contribution is -2.41. The zero-order valence-corrected chi connectivity index (χ0v) is 13.4. The molecule has 1 aromatic carbocycles. The molecule has 0 bridgehead atoms. The van der Waals surface area contributed by atoms with Crippen molar-refractivity contribution in [1.29, 1.82) is 0 Å². The van der Waals surface area contributed by atoms with Gasteiger partial charge in [-0.2, -0.15) is 13.2 Å². The van der Waals surface area contributed by atoms with E-state index in [0.29, 0.717) is 27.9 Å². The molecule has 1 amide bonds. The van der Waals surface area contributed by atoms with E-state index in [2.05, 4.69) is 21.2 Å². The van der Waals surface area contributed by atoms with E-state index in [-0.39, 0.29) is 18.7 Å². The second-order valence-corrected chi connectivity index (χ2v) is 6.47. The van der Waals surface area contributed by atoms with E-state index < -0.39 is 18.1 Å². The number of halogens is 5. The Kier molecular flexibility index (Phi) is 5.20. The average Bonchev–Trinajstić information content (AvgIpc) is 2.41. The number of carbonyl (C=O) groups is 1. The largest absolute Gasteiger partial charge is 0.391 e. The van der Waals surface area contributed by atoms with Gasteiger partial charge in [0.15, 0.2) is 0 Å². The first-order chi connectivity index (χ1) is 9.77. The zero-order valence-electron chi connectivity index (χ0n) is 11.0. The molecule has 2 rings (SSSR count).